The van der Waals surface area contributed by atoms with Crippen LogP contribution >= 0.6 is 0 Å². The van der Waals surface area contributed by atoms with E-state index in [-0.39, 0.29) is 6.54 Å². The number of benzene rings is 1. The summed E-state index contributed by atoms with van der Waals surface area (Å²) in [7, 11) is 0. The predicted octanol–water partition coefficient (Wildman–Crippen LogP) is -0.459. The lowest BCUT2D eigenvalue weighted by atomic mass is 10.0. The minimum absolute atomic E-state index is 0.0473. The van der Waals surface area contributed by atoms with Crippen LogP contribution in [0.15, 0.2) is 24.3 Å². The summed E-state index contributed by atoms with van der Waals surface area (Å²) < 4.78 is 0. The van der Waals surface area contributed by atoms with Gasteiger partial charge < -0.3 is 21.7 Å². The largest absolute Gasteiger partial charge is 0.389 e. The van der Waals surface area contributed by atoms with Crippen LogP contribution in [0, 0.1) is 0 Å². The molecule has 2 atom stereocenters. The van der Waals surface area contributed by atoms with E-state index in [0.29, 0.717) is 12.1 Å². The van der Waals surface area contributed by atoms with Crippen molar-refractivity contribution in [1.82, 2.24) is 0 Å². The molecule has 4 heteroatoms. The van der Waals surface area contributed by atoms with Gasteiger partial charge in [0.1, 0.15) is 6.10 Å². The number of nitrogens with two attached hydrogens (primary N) is 2. The first-order chi connectivity index (χ1) is 7.19. The van der Waals surface area contributed by atoms with E-state index in [0.717, 1.165) is 12.0 Å². The molecule has 0 amide bonds. The third-order valence-corrected chi connectivity index (χ3v) is 2.36. The molecule has 15 heavy (non-hydrogen) atoms. The highest BCUT2D eigenvalue weighted by atomic mass is 16.3. The van der Waals surface area contributed by atoms with Gasteiger partial charge in [0.15, 0.2) is 0 Å². The molecule has 4 nitrogen and oxygen atoms in total. The topological polar surface area (TPSA) is 92.5 Å². The van der Waals surface area contributed by atoms with E-state index in [1.165, 1.54) is 0 Å². The summed E-state index contributed by atoms with van der Waals surface area (Å²) >= 11 is 0. The van der Waals surface area contributed by atoms with Crippen molar-refractivity contribution in [1.29, 1.82) is 0 Å². The number of hydrogen-bond donors (Lipinski definition) is 4. The van der Waals surface area contributed by atoms with Crippen LogP contribution in [0.3, 0.4) is 0 Å². The van der Waals surface area contributed by atoms with Gasteiger partial charge in [0.2, 0.25) is 0 Å². The highest BCUT2D eigenvalue weighted by molar-refractivity contribution is 5.25. The Kier molecular flexibility index (Phi) is 4.71. The normalized spacial score (nSPS) is 14.9. The van der Waals surface area contributed by atoms with Gasteiger partial charge in [-0.05, 0) is 24.1 Å². The van der Waals surface area contributed by atoms with Crippen LogP contribution in [0.2, 0.25) is 0 Å². The Labute approximate surface area is 89.5 Å². The van der Waals surface area contributed by atoms with Crippen LogP contribution in [0.4, 0.5) is 0 Å². The molecule has 1 aromatic rings. The van der Waals surface area contributed by atoms with E-state index < -0.39 is 12.2 Å². The molecule has 6 N–H and O–H groups in total. The summed E-state index contributed by atoms with van der Waals surface area (Å²) in [4.78, 5) is 0. The molecule has 0 saturated heterocycles. The van der Waals surface area contributed by atoms with Gasteiger partial charge in [-0.25, -0.2) is 0 Å². The molecular formula is C11H18N2O2. The van der Waals surface area contributed by atoms with Gasteiger partial charge in [0.25, 0.3) is 0 Å². The Morgan fingerprint density at radius 3 is 2.13 bits per heavy atom. The summed E-state index contributed by atoms with van der Waals surface area (Å²) in [5, 5.41) is 19.0. The van der Waals surface area contributed by atoms with Crippen LogP contribution < -0.4 is 11.5 Å². The van der Waals surface area contributed by atoms with Crippen molar-refractivity contribution < 1.29 is 10.2 Å². The zero-order chi connectivity index (χ0) is 11.3. The minimum Gasteiger partial charge on any atom is -0.389 e. The second-order valence-corrected chi connectivity index (χ2v) is 3.53. The smallest absolute Gasteiger partial charge is 0.106 e. The Morgan fingerprint density at radius 1 is 1.07 bits per heavy atom. The van der Waals surface area contributed by atoms with Crippen molar-refractivity contribution in [3.05, 3.63) is 35.4 Å². The van der Waals surface area contributed by atoms with Crippen molar-refractivity contribution in [2.45, 2.75) is 18.6 Å². The summed E-state index contributed by atoms with van der Waals surface area (Å²) in [6, 6.07) is 7.37. The molecule has 1 rings (SSSR count). The summed E-state index contributed by atoms with van der Waals surface area (Å²) in [5.41, 5.74) is 12.5. The number of rotatable bonds is 5. The van der Waals surface area contributed by atoms with Crippen LogP contribution in [0.25, 0.3) is 0 Å². The molecule has 0 heterocycles. The highest BCUT2D eigenvalue weighted by Gasteiger charge is 2.16. The average molecular weight is 210 g/mol. The van der Waals surface area contributed by atoms with Gasteiger partial charge in [-0.15, -0.1) is 0 Å². The Hall–Kier alpha value is -0.940. The van der Waals surface area contributed by atoms with Crippen LogP contribution in [0.5, 0.6) is 0 Å². The fourth-order valence-electron chi connectivity index (χ4n) is 1.40. The predicted molar refractivity (Wildman–Crippen MR) is 59.2 cm³/mol. The monoisotopic (exact) mass is 210 g/mol. The number of hydrogen-bond acceptors (Lipinski definition) is 4. The number of aliphatic hydroxyl groups is 2. The molecule has 0 radical (unpaired) electrons. The van der Waals surface area contributed by atoms with Crippen molar-refractivity contribution in [2.75, 3.05) is 13.1 Å². The summed E-state index contributed by atoms with van der Waals surface area (Å²) in [6.45, 7) is 0.652. The summed E-state index contributed by atoms with van der Waals surface area (Å²) in [5.74, 6) is 0. The SMILES string of the molecule is NCCc1ccc(C(O)C(O)CN)cc1. The van der Waals surface area contributed by atoms with Crippen molar-refractivity contribution in [2.24, 2.45) is 11.5 Å². The maximum atomic E-state index is 9.66. The third-order valence-electron chi connectivity index (χ3n) is 2.36. The van der Waals surface area contributed by atoms with E-state index >= 15 is 0 Å². The maximum absolute atomic E-state index is 9.66. The molecule has 0 aliphatic carbocycles. The first-order valence-corrected chi connectivity index (χ1v) is 5.04. The minimum atomic E-state index is -0.915. The van der Waals surface area contributed by atoms with Crippen molar-refractivity contribution >= 4 is 0 Å². The lowest BCUT2D eigenvalue weighted by Gasteiger charge is -2.16. The Morgan fingerprint density at radius 2 is 1.67 bits per heavy atom. The van der Waals surface area contributed by atoms with Crippen molar-refractivity contribution in [3.8, 4) is 0 Å². The molecule has 0 spiro atoms. The average Bonchev–Trinajstić information content (AvgIpc) is 2.28. The zero-order valence-electron chi connectivity index (χ0n) is 8.63. The quantitative estimate of drug-likeness (QED) is 0.529. The van der Waals surface area contributed by atoms with Crippen LogP contribution in [-0.4, -0.2) is 29.4 Å². The van der Waals surface area contributed by atoms with Gasteiger partial charge >= 0.3 is 0 Å². The van der Waals surface area contributed by atoms with Gasteiger partial charge in [0.05, 0.1) is 6.10 Å². The first-order valence-electron chi connectivity index (χ1n) is 5.04. The van der Waals surface area contributed by atoms with Gasteiger partial charge in [0, 0.05) is 6.54 Å². The van der Waals surface area contributed by atoms with E-state index in [1.807, 2.05) is 12.1 Å². The zero-order valence-corrected chi connectivity index (χ0v) is 8.63. The van der Waals surface area contributed by atoms with Crippen LogP contribution in [-0.2, 0) is 6.42 Å². The van der Waals surface area contributed by atoms with Gasteiger partial charge in [-0.3, -0.25) is 0 Å². The van der Waals surface area contributed by atoms with Gasteiger partial charge in [-0.1, -0.05) is 24.3 Å². The van der Waals surface area contributed by atoms with E-state index in [4.69, 9.17) is 11.5 Å². The molecule has 0 fully saturated rings. The third kappa shape index (κ3) is 3.28. The van der Waals surface area contributed by atoms with E-state index in [9.17, 15) is 10.2 Å². The second kappa shape index (κ2) is 5.82. The molecule has 0 aromatic heterocycles. The van der Waals surface area contributed by atoms with Crippen LogP contribution in [0.1, 0.15) is 17.2 Å². The Bertz CT molecular complexity index is 287. The molecular weight excluding hydrogens is 192 g/mol. The highest BCUT2D eigenvalue weighted by Crippen LogP contribution is 2.17. The first kappa shape index (κ1) is 12.1. The van der Waals surface area contributed by atoms with E-state index in [2.05, 4.69) is 0 Å². The Balaban J connectivity index is 2.70. The second-order valence-electron chi connectivity index (χ2n) is 3.53. The standard InChI is InChI=1S/C11H18N2O2/c12-6-5-8-1-3-9(4-2-8)11(15)10(14)7-13/h1-4,10-11,14-15H,5-7,12-13H2. The fraction of sp³-hybridized carbons (Fsp3) is 0.455. The molecule has 0 saturated carbocycles. The number of aliphatic hydroxyl groups excluding tert-OH is 2. The van der Waals surface area contributed by atoms with E-state index in [1.54, 1.807) is 12.1 Å². The molecule has 0 bridgehead atoms. The fourth-order valence-corrected chi connectivity index (χ4v) is 1.40. The molecule has 0 aliphatic rings. The van der Waals surface area contributed by atoms with Crippen molar-refractivity contribution in [3.63, 3.8) is 0 Å². The molecule has 84 valence electrons. The lowest BCUT2D eigenvalue weighted by Crippen LogP contribution is -2.27. The summed E-state index contributed by atoms with van der Waals surface area (Å²) in [6.07, 6.45) is -1.01. The van der Waals surface area contributed by atoms with Gasteiger partial charge in [-0.2, -0.15) is 0 Å². The molecule has 1 aromatic carbocycles. The molecule has 0 aliphatic heterocycles. The maximum Gasteiger partial charge on any atom is 0.106 e. The lowest BCUT2D eigenvalue weighted by molar-refractivity contribution is 0.0243. The molecule has 2 unspecified atom stereocenters.